The maximum Gasteiger partial charge on any atom is 0.260 e. The topological polar surface area (TPSA) is 81.2 Å². The van der Waals surface area contributed by atoms with Crippen LogP contribution in [0.2, 0.25) is 0 Å². The molecule has 32 heavy (non-hydrogen) atoms. The molecule has 1 aliphatic carbocycles. The molecule has 0 radical (unpaired) electrons. The zero-order valence-electron chi connectivity index (χ0n) is 17.2. The Morgan fingerprint density at radius 2 is 1.62 bits per heavy atom. The second-order valence-corrected chi connectivity index (χ2v) is 8.32. The van der Waals surface area contributed by atoms with Crippen LogP contribution in [-0.2, 0) is 17.8 Å². The predicted molar refractivity (Wildman–Crippen MR) is 115 cm³/mol. The van der Waals surface area contributed by atoms with Gasteiger partial charge in [0.1, 0.15) is 5.92 Å². The van der Waals surface area contributed by atoms with E-state index in [9.17, 15) is 18.4 Å². The summed E-state index contributed by atoms with van der Waals surface area (Å²) in [5, 5.41) is 0. The van der Waals surface area contributed by atoms with Gasteiger partial charge in [0.15, 0.2) is 0 Å². The number of nitrogens with two attached hydrogens (primary N) is 1. The van der Waals surface area contributed by atoms with Crippen molar-refractivity contribution < 1.29 is 13.6 Å². The largest absolute Gasteiger partial charge is 0.369 e. The molecule has 5 rings (SSSR count). The summed E-state index contributed by atoms with van der Waals surface area (Å²) in [7, 11) is 0. The molecular formula is C24H22F2N4O2. The van der Waals surface area contributed by atoms with Crippen LogP contribution < -0.4 is 11.3 Å². The number of hydrogen-bond donors (Lipinski definition) is 1. The Morgan fingerprint density at radius 3 is 2.16 bits per heavy atom. The lowest BCUT2D eigenvalue weighted by molar-refractivity contribution is -0.135. The molecule has 0 saturated heterocycles. The minimum atomic E-state index is -2.92. The van der Waals surface area contributed by atoms with Crippen molar-refractivity contribution in [1.82, 2.24) is 14.5 Å². The minimum absolute atomic E-state index is 0.0162. The second-order valence-electron chi connectivity index (χ2n) is 8.32. The normalized spacial score (nSPS) is 19.0. The van der Waals surface area contributed by atoms with E-state index in [0.717, 1.165) is 11.1 Å². The Labute approximate surface area is 183 Å². The highest BCUT2D eigenvalue weighted by atomic mass is 19.3. The number of halogens is 2. The highest BCUT2D eigenvalue weighted by Gasteiger charge is 2.62. The van der Waals surface area contributed by atoms with Crippen LogP contribution in [0.25, 0.3) is 0 Å². The summed E-state index contributed by atoms with van der Waals surface area (Å²) in [4.78, 5) is 31.8. The van der Waals surface area contributed by atoms with E-state index in [-0.39, 0.29) is 31.0 Å². The third-order valence-electron chi connectivity index (χ3n) is 6.22. The number of hydrogen-bond acceptors (Lipinski definition) is 4. The van der Waals surface area contributed by atoms with Crippen molar-refractivity contribution in [3.63, 3.8) is 0 Å². The standard InChI is InChI=1S/C24H22F2N4O2/c25-24(26)13-18(24)22(32)29-12-11-17-19(14-29)28-23(27)30(21(17)31)20(15-7-3-1-4-8-15)16-9-5-2-6-10-16/h1-10,18,20H,11-14H2,(H2,27,28). The molecule has 1 fully saturated rings. The van der Waals surface area contributed by atoms with Gasteiger partial charge in [-0.1, -0.05) is 60.7 Å². The lowest BCUT2D eigenvalue weighted by Crippen LogP contribution is -2.43. The summed E-state index contributed by atoms with van der Waals surface area (Å²) >= 11 is 0. The molecule has 6 nitrogen and oxygen atoms in total. The van der Waals surface area contributed by atoms with Gasteiger partial charge in [-0.3, -0.25) is 14.2 Å². The summed E-state index contributed by atoms with van der Waals surface area (Å²) in [6.07, 6.45) is -0.163. The molecule has 8 heteroatoms. The van der Waals surface area contributed by atoms with Crippen molar-refractivity contribution in [1.29, 1.82) is 0 Å². The highest BCUT2D eigenvalue weighted by Crippen LogP contribution is 2.49. The summed E-state index contributed by atoms with van der Waals surface area (Å²) in [6.45, 7) is 0.225. The van der Waals surface area contributed by atoms with Crippen LogP contribution in [0.4, 0.5) is 14.7 Å². The Kier molecular flexibility index (Phi) is 4.80. The van der Waals surface area contributed by atoms with Gasteiger partial charge in [-0.15, -0.1) is 0 Å². The van der Waals surface area contributed by atoms with Gasteiger partial charge in [0, 0.05) is 18.5 Å². The first kappa shape index (κ1) is 20.4. The smallest absolute Gasteiger partial charge is 0.260 e. The molecule has 2 heterocycles. The summed E-state index contributed by atoms with van der Waals surface area (Å²) in [5.74, 6) is -4.75. The quantitative estimate of drug-likeness (QED) is 0.682. The molecule has 2 aliphatic rings. The van der Waals surface area contributed by atoms with Gasteiger partial charge in [0.2, 0.25) is 11.9 Å². The Morgan fingerprint density at radius 1 is 1.06 bits per heavy atom. The number of benzene rings is 2. The van der Waals surface area contributed by atoms with E-state index in [1.807, 2.05) is 60.7 Å². The number of nitrogen functional groups attached to an aromatic ring is 1. The highest BCUT2D eigenvalue weighted by molar-refractivity contribution is 5.83. The van der Waals surface area contributed by atoms with E-state index in [2.05, 4.69) is 4.98 Å². The lowest BCUT2D eigenvalue weighted by Gasteiger charge is -2.30. The van der Waals surface area contributed by atoms with E-state index < -0.39 is 30.2 Å². The summed E-state index contributed by atoms with van der Waals surface area (Å²) in [6, 6.07) is 18.6. The van der Waals surface area contributed by atoms with E-state index >= 15 is 0 Å². The monoisotopic (exact) mass is 436 g/mol. The summed E-state index contributed by atoms with van der Waals surface area (Å²) < 4.78 is 28.2. The molecule has 1 amide bonds. The van der Waals surface area contributed by atoms with Crippen LogP contribution >= 0.6 is 0 Å². The molecule has 2 aromatic carbocycles. The number of nitrogens with zero attached hydrogens (tertiary/aromatic N) is 3. The molecule has 1 atom stereocenters. The Balaban J connectivity index is 1.55. The maximum atomic E-state index is 13.6. The molecule has 3 aromatic rings. The van der Waals surface area contributed by atoms with Crippen LogP contribution in [0.15, 0.2) is 65.5 Å². The third-order valence-corrected chi connectivity index (χ3v) is 6.22. The van der Waals surface area contributed by atoms with Crippen molar-refractivity contribution in [2.75, 3.05) is 12.3 Å². The maximum absolute atomic E-state index is 13.6. The lowest BCUT2D eigenvalue weighted by atomic mass is 9.97. The molecule has 2 N–H and O–H groups in total. The number of alkyl halides is 2. The van der Waals surface area contributed by atoms with Crippen molar-refractivity contribution in [3.05, 3.63) is 93.4 Å². The number of aromatic nitrogens is 2. The zero-order valence-corrected chi connectivity index (χ0v) is 17.2. The van der Waals surface area contributed by atoms with Gasteiger partial charge in [-0.2, -0.15) is 0 Å². The predicted octanol–water partition coefficient (Wildman–Crippen LogP) is 3.00. The Hall–Kier alpha value is -3.55. The average Bonchev–Trinajstić information content (AvgIpc) is 3.44. The minimum Gasteiger partial charge on any atom is -0.369 e. The average molecular weight is 436 g/mol. The van der Waals surface area contributed by atoms with E-state index in [1.165, 1.54) is 9.47 Å². The van der Waals surface area contributed by atoms with Crippen molar-refractivity contribution in [3.8, 4) is 0 Å². The number of carbonyl (C=O) groups excluding carboxylic acids is 1. The number of anilines is 1. The van der Waals surface area contributed by atoms with Gasteiger partial charge in [0.25, 0.3) is 11.5 Å². The van der Waals surface area contributed by atoms with E-state index in [4.69, 9.17) is 5.73 Å². The molecular weight excluding hydrogens is 414 g/mol. The fraction of sp³-hybridized carbons (Fsp3) is 0.292. The molecule has 1 saturated carbocycles. The molecule has 164 valence electrons. The van der Waals surface area contributed by atoms with Gasteiger partial charge in [0.05, 0.1) is 18.3 Å². The van der Waals surface area contributed by atoms with Crippen LogP contribution in [-0.4, -0.2) is 32.8 Å². The number of carbonyl (C=O) groups is 1. The van der Waals surface area contributed by atoms with Crippen LogP contribution in [0.5, 0.6) is 0 Å². The van der Waals surface area contributed by atoms with E-state index in [0.29, 0.717) is 11.3 Å². The first-order valence-electron chi connectivity index (χ1n) is 10.5. The Bertz CT molecular complexity index is 1190. The number of amides is 1. The fourth-order valence-corrected chi connectivity index (χ4v) is 4.42. The first-order chi connectivity index (χ1) is 15.4. The van der Waals surface area contributed by atoms with Crippen molar-refractivity contribution >= 4 is 11.9 Å². The fourth-order valence-electron chi connectivity index (χ4n) is 4.42. The first-order valence-corrected chi connectivity index (χ1v) is 10.5. The zero-order chi connectivity index (χ0) is 22.5. The van der Waals surface area contributed by atoms with Crippen molar-refractivity contribution in [2.45, 2.75) is 31.4 Å². The third kappa shape index (κ3) is 3.45. The van der Waals surface area contributed by atoms with Crippen LogP contribution in [0.3, 0.4) is 0 Å². The van der Waals surface area contributed by atoms with Gasteiger partial charge < -0.3 is 10.6 Å². The second kappa shape index (κ2) is 7.55. The molecule has 0 bridgehead atoms. The number of rotatable bonds is 4. The summed E-state index contributed by atoms with van der Waals surface area (Å²) in [5.41, 5.74) is 8.65. The molecule has 1 aromatic heterocycles. The SMILES string of the molecule is Nc1nc2c(c(=O)n1C(c1ccccc1)c1ccccc1)CCN(C(=O)C1CC1(F)F)C2. The van der Waals surface area contributed by atoms with Gasteiger partial charge >= 0.3 is 0 Å². The molecule has 1 unspecified atom stereocenters. The van der Waals surface area contributed by atoms with Gasteiger partial charge in [-0.25, -0.2) is 13.8 Å². The van der Waals surface area contributed by atoms with E-state index in [1.54, 1.807) is 0 Å². The molecule has 0 spiro atoms. The molecule has 1 aliphatic heterocycles. The van der Waals surface area contributed by atoms with Crippen LogP contribution in [0.1, 0.15) is 34.8 Å². The van der Waals surface area contributed by atoms with Crippen molar-refractivity contribution in [2.24, 2.45) is 5.92 Å². The number of fused-ring (bicyclic) bond motifs is 1. The van der Waals surface area contributed by atoms with Gasteiger partial charge in [-0.05, 0) is 17.5 Å². The van der Waals surface area contributed by atoms with Crippen LogP contribution in [0, 0.1) is 5.92 Å².